The maximum absolute atomic E-state index is 13.6. The van der Waals surface area contributed by atoms with E-state index in [4.69, 9.17) is 4.52 Å². The molecule has 2 fully saturated rings. The molecule has 1 aromatic heterocycles. The molecule has 0 N–H and O–H groups in total. The Labute approximate surface area is 178 Å². The maximum atomic E-state index is 13.6. The van der Waals surface area contributed by atoms with Gasteiger partial charge in [0.1, 0.15) is 11.6 Å². The van der Waals surface area contributed by atoms with Crippen molar-refractivity contribution < 1.29 is 18.1 Å². The molecule has 160 valence electrons. The first-order valence-electron chi connectivity index (χ1n) is 10.3. The van der Waals surface area contributed by atoms with E-state index in [2.05, 4.69) is 15.0 Å². The number of aromatic nitrogens is 2. The average Bonchev–Trinajstić information content (AvgIpc) is 3.40. The van der Waals surface area contributed by atoms with E-state index in [0.29, 0.717) is 55.6 Å². The van der Waals surface area contributed by atoms with Gasteiger partial charge in [0.15, 0.2) is 5.82 Å². The van der Waals surface area contributed by atoms with Crippen LogP contribution >= 0.6 is 0 Å². The molecule has 2 atom stereocenters. The van der Waals surface area contributed by atoms with Crippen LogP contribution in [0.15, 0.2) is 53.1 Å². The van der Waals surface area contributed by atoms with E-state index in [9.17, 15) is 13.6 Å². The second-order valence-corrected chi connectivity index (χ2v) is 8.50. The lowest BCUT2D eigenvalue weighted by atomic mass is 9.81. The van der Waals surface area contributed by atoms with Crippen LogP contribution in [0.5, 0.6) is 0 Å². The van der Waals surface area contributed by atoms with E-state index in [0.717, 1.165) is 6.07 Å². The van der Waals surface area contributed by atoms with E-state index in [1.165, 1.54) is 12.1 Å². The second-order valence-electron chi connectivity index (χ2n) is 8.50. The summed E-state index contributed by atoms with van der Waals surface area (Å²) in [4.78, 5) is 21.6. The van der Waals surface area contributed by atoms with Crippen LogP contribution < -0.4 is 0 Å². The fourth-order valence-electron chi connectivity index (χ4n) is 4.97. The summed E-state index contributed by atoms with van der Waals surface area (Å²) in [5.41, 5.74) is 0.718. The van der Waals surface area contributed by atoms with Crippen LogP contribution in [0.1, 0.15) is 27.6 Å². The minimum atomic E-state index is -0.587. The Bertz CT molecular complexity index is 1100. The van der Waals surface area contributed by atoms with Crippen molar-refractivity contribution in [2.24, 2.45) is 5.92 Å². The van der Waals surface area contributed by atoms with E-state index in [1.807, 2.05) is 35.2 Å². The first kappa shape index (κ1) is 19.8. The molecule has 8 heteroatoms. The van der Waals surface area contributed by atoms with Gasteiger partial charge in [-0.05, 0) is 36.8 Å². The summed E-state index contributed by atoms with van der Waals surface area (Å²) >= 11 is 0. The molecule has 2 aliphatic heterocycles. The fraction of sp³-hybridized carbons (Fsp3) is 0.348. The summed E-state index contributed by atoms with van der Waals surface area (Å²) in [6.07, 6.45) is 0. The SMILES string of the molecule is Cc1noc(C23CN(Cc4cc(F)cc(F)c4)CC2CN(C(=O)c2ccccc2)C3)n1. The Morgan fingerprint density at radius 1 is 1.13 bits per heavy atom. The number of amides is 1. The Morgan fingerprint density at radius 3 is 2.55 bits per heavy atom. The topological polar surface area (TPSA) is 62.5 Å². The Kier molecular flexibility index (Phi) is 4.81. The Hall–Kier alpha value is -3.13. The summed E-state index contributed by atoms with van der Waals surface area (Å²) in [5, 5.41) is 3.97. The predicted octanol–water partition coefficient (Wildman–Crippen LogP) is 3.18. The van der Waals surface area contributed by atoms with Crippen LogP contribution in [-0.2, 0) is 12.0 Å². The molecular formula is C23H22F2N4O2. The highest BCUT2D eigenvalue weighted by Crippen LogP contribution is 2.45. The molecule has 0 saturated carbocycles. The lowest BCUT2D eigenvalue weighted by molar-refractivity contribution is 0.0766. The number of hydrogen-bond donors (Lipinski definition) is 0. The zero-order valence-electron chi connectivity index (χ0n) is 17.1. The number of benzene rings is 2. The van der Waals surface area contributed by atoms with Gasteiger partial charge in [-0.2, -0.15) is 4.98 Å². The molecule has 2 saturated heterocycles. The first-order valence-corrected chi connectivity index (χ1v) is 10.3. The number of fused-ring (bicyclic) bond motifs is 1. The van der Waals surface area contributed by atoms with Crippen molar-refractivity contribution in [2.45, 2.75) is 18.9 Å². The van der Waals surface area contributed by atoms with Crippen LogP contribution in [0.25, 0.3) is 0 Å². The molecule has 2 aliphatic rings. The molecule has 0 radical (unpaired) electrons. The molecule has 2 unspecified atom stereocenters. The number of carbonyl (C=O) groups is 1. The number of hydrogen-bond acceptors (Lipinski definition) is 5. The highest BCUT2D eigenvalue weighted by atomic mass is 19.1. The standard InChI is InChI=1S/C23H22F2N4O2/c1-15-26-22(31-27-15)23-13-28(10-16-7-19(24)9-20(25)8-16)11-18(23)12-29(14-23)21(30)17-5-3-2-4-6-17/h2-9,18H,10-14H2,1H3. The van der Waals surface area contributed by atoms with Crippen LogP contribution in [-0.4, -0.2) is 52.0 Å². The third-order valence-corrected chi connectivity index (χ3v) is 6.27. The van der Waals surface area contributed by atoms with Crippen LogP contribution in [0, 0.1) is 24.5 Å². The summed E-state index contributed by atoms with van der Waals surface area (Å²) in [6.45, 7) is 4.42. The highest BCUT2D eigenvalue weighted by molar-refractivity contribution is 5.94. The van der Waals surface area contributed by atoms with E-state index >= 15 is 0 Å². The molecule has 6 nitrogen and oxygen atoms in total. The van der Waals surface area contributed by atoms with Gasteiger partial charge in [0.25, 0.3) is 5.91 Å². The molecule has 3 aromatic rings. The Morgan fingerprint density at radius 2 is 1.87 bits per heavy atom. The van der Waals surface area contributed by atoms with Crippen molar-refractivity contribution in [1.29, 1.82) is 0 Å². The molecule has 0 spiro atoms. The lowest BCUT2D eigenvalue weighted by Crippen LogP contribution is -2.40. The predicted molar refractivity (Wildman–Crippen MR) is 108 cm³/mol. The van der Waals surface area contributed by atoms with Crippen molar-refractivity contribution in [3.63, 3.8) is 0 Å². The largest absolute Gasteiger partial charge is 0.339 e. The van der Waals surface area contributed by atoms with Gasteiger partial charge < -0.3 is 9.42 Å². The Balaban J connectivity index is 1.41. The highest BCUT2D eigenvalue weighted by Gasteiger charge is 2.57. The molecule has 3 heterocycles. The third kappa shape index (κ3) is 3.61. The van der Waals surface area contributed by atoms with Gasteiger partial charge in [-0.15, -0.1) is 0 Å². The number of halogens is 2. The summed E-state index contributed by atoms with van der Waals surface area (Å²) in [6, 6.07) is 12.8. The monoisotopic (exact) mass is 424 g/mol. The summed E-state index contributed by atoms with van der Waals surface area (Å²) < 4.78 is 32.9. The van der Waals surface area contributed by atoms with Crippen LogP contribution in [0.3, 0.4) is 0 Å². The third-order valence-electron chi connectivity index (χ3n) is 6.27. The van der Waals surface area contributed by atoms with Crippen molar-refractivity contribution >= 4 is 5.91 Å². The minimum Gasteiger partial charge on any atom is -0.339 e. The van der Waals surface area contributed by atoms with E-state index in [-0.39, 0.29) is 11.8 Å². The zero-order chi connectivity index (χ0) is 21.6. The van der Waals surface area contributed by atoms with Gasteiger partial charge in [-0.3, -0.25) is 9.69 Å². The first-order chi connectivity index (χ1) is 14.9. The van der Waals surface area contributed by atoms with Gasteiger partial charge in [0.05, 0.1) is 5.41 Å². The van der Waals surface area contributed by atoms with Gasteiger partial charge in [-0.25, -0.2) is 8.78 Å². The molecule has 5 rings (SSSR count). The molecule has 2 aromatic carbocycles. The normalized spacial score (nSPS) is 23.3. The second kappa shape index (κ2) is 7.53. The smallest absolute Gasteiger partial charge is 0.253 e. The molecule has 31 heavy (non-hydrogen) atoms. The quantitative estimate of drug-likeness (QED) is 0.644. The van der Waals surface area contributed by atoms with E-state index in [1.54, 1.807) is 6.92 Å². The average molecular weight is 424 g/mol. The number of aryl methyl sites for hydroxylation is 1. The number of nitrogens with zero attached hydrogens (tertiary/aromatic N) is 4. The molecular weight excluding hydrogens is 402 g/mol. The van der Waals surface area contributed by atoms with Crippen LogP contribution in [0.2, 0.25) is 0 Å². The summed E-state index contributed by atoms with van der Waals surface area (Å²) in [5.74, 6) is -0.0526. The van der Waals surface area contributed by atoms with Gasteiger partial charge >= 0.3 is 0 Å². The van der Waals surface area contributed by atoms with Crippen molar-refractivity contribution in [3.05, 3.63) is 83.0 Å². The van der Waals surface area contributed by atoms with E-state index < -0.39 is 17.0 Å². The molecule has 1 amide bonds. The van der Waals surface area contributed by atoms with Crippen molar-refractivity contribution in [2.75, 3.05) is 26.2 Å². The lowest BCUT2D eigenvalue weighted by Gasteiger charge is -2.26. The number of rotatable bonds is 4. The number of carbonyl (C=O) groups excluding carboxylic acids is 1. The fourth-order valence-corrected chi connectivity index (χ4v) is 4.97. The summed E-state index contributed by atoms with van der Waals surface area (Å²) in [7, 11) is 0. The molecule has 0 aliphatic carbocycles. The molecule has 0 bridgehead atoms. The maximum Gasteiger partial charge on any atom is 0.253 e. The van der Waals surface area contributed by atoms with Crippen molar-refractivity contribution in [3.8, 4) is 0 Å². The van der Waals surface area contributed by atoms with Crippen LogP contribution in [0.4, 0.5) is 8.78 Å². The minimum absolute atomic E-state index is 0.0237. The van der Waals surface area contributed by atoms with Gasteiger partial charge in [-0.1, -0.05) is 23.4 Å². The van der Waals surface area contributed by atoms with Gasteiger partial charge in [0.2, 0.25) is 5.89 Å². The zero-order valence-corrected chi connectivity index (χ0v) is 17.1. The van der Waals surface area contributed by atoms with Crippen molar-refractivity contribution in [1.82, 2.24) is 19.9 Å². The van der Waals surface area contributed by atoms with Gasteiger partial charge in [0, 0.05) is 50.3 Å². The number of likely N-dealkylation sites (tertiary alicyclic amines) is 2.